The Morgan fingerprint density at radius 2 is 2.04 bits per heavy atom. The van der Waals surface area contributed by atoms with Gasteiger partial charge in [-0.15, -0.1) is 0 Å². The summed E-state index contributed by atoms with van der Waals surface area (Å²) in [7, 11) is 0. The van der Waals surface area contributed by atoms with Crippen LogP contribution in [-0.2, 0) is 0 Å². The van der Waals surface area contributed by atoms with Crippen molar-refractivity contribution < 1.29 is 9.18 Å². The number of halogens is 2. The van der Waals surface area contributed by atoms with Crippen LogP contribution in [0.3, 0.4) is 0 Å². The number of anilines is 1. The highest BCUT2D eigenvalue weighted by atomic mass is 35.5. The van der Waals surface area contributed by atoms with Gasteiger partial charge >= 0.3 is 0 Å². The average molecular weight is 403 g/mol. The number of hydrogen-bond donors (Lipinski definition) is 1. The van der Waals surface area contributed by atoms with Gasteiger partial charge in [-0.25, -0.2) is 4.39 Å². The summed E-state index contributed by atoms with van der Waals surface area (Å²) >= 11 is 5.80. The zero-order valence-corrected chi connectivity index (χ0v) is 15.9. The van der Waals surface area contributed by atoms with Gasteiger partial charge in [-0.1, -0.05) is 17.7 Å². The van der Waals surface area contributed by atoms with Crippen molar-refractivity contribution in [3.05, 3.63) is 58.8 Å². The second-order valence-electron chi connectivity index (χ2n) is 6.67. The van der Waals surface area contributed by atoms with Crippen LogP contribution in [0.15, 0.2) is 47.4 Å². The highest BCUT2D eigenvalue weighted by Crippen LogP contribution is 2.21. The van der Waals surface area contributed by atoms with Crippen LogP contribution < -0.4 is 4.90 Å². The monoisotopic (exact) mass is 402 g/mol. The minimum Gasteiger partial charge on any atom is -0.336 e. The van der Waals surface area contributed by atoms with E-state index in [4.69, 9.17) is 11.6 Å². The van der Waals surface area contributed by atoms with Gasteiger partial charge in [-0.2, -0.15) is 5.10 Å². The van der Waals surface area contributed by atoms with Crippen molar-refractivity contribution in [1.29, 1.82) is 0 Å². The van der Waals surface area contributed by atoms with Crippen LogP contribution in [0.5, 0.6) is 0 Å². The van der Waals surface area contributed by atoms with E-state index < -0.39 is 5.82 Å². The van der Waals surface area contributed by atoms with Crippen molar-refractivity contribution in [3.8, 4) is 0 Å². The van der Waals surface area contributed by atoms with E-state index in [0.717, 1.165) is 11.5 Å². The molecule has 9 heteroatoms. The molecule has 0 unspecified atom stereocenters. The summed E-state index contributed by atoms with van der Waals surface area (Å²) in [5.41, 5.74) is 1.09. The molecule has 2 aromatic rings. The third-order valence-corrected chi connectivity index (χ3v) is 5.24. The summed E-state index contributed by atoms with van der Waals surface area (Å²) in [4.78, 5) is 23.0. The van der Waals surface area contributed by atoms with E-state index in [1.165, 1.54) is 12.1 Å². The van der Waals surface area contributed by atoms with Gasteiger partial charge < -0.3 is 9.80 Å². The molecule has 146 valence electrons. The van der Waals surface area contributed by atoms with E-state index in [2.05, 4.69) is 25.0 Å². The Balaban J connectivity index is 1.38. The topological polar surface area (TPSA) is 67.8 Å². The maximum absolute atomic E-state index is 14.1. The molecule has 0 bridgehead atoms. The molecule has 1 N–H and O–H groups in total. The van der Waals surface area contributed by atoms with Crippen LogP contribution in [0.1, 0.15) is 10.4 Å². The third-order valence-electron chi connectivity index (χ3n) is 4.94. The second kappa shape index (κ2) is 8.12. The lowest BCUT2D eigenvalue weighted by Crippen LogP contribution is -2.50. The minimum absolute atomic E-state index is 0.0238. The summed E-state index contributed by atoms with van der Waals surface area (Å²) in [6.45, 7) is 3.86. The van der Waals surface area contributed by atoms with E-state index in [1.54, 1.807) is 17.2 Å². The number of nitrogens with one attached hydrogen (secondary N) is 1. The van der Waals surface area contributed by atoms with Gasteiger partial charge in [-0.3, -0.25) is 19.8 Å². The van der Waals surface area contributed by atoms with Crippen molar-refractivity contribution in [2.45, 2.75) is 0 Å². The number of H-pyrrole nitrogens is 1. The van der Waals surface area contributed by atoms with Crippen LogP contribution in [-0.4, -0.2) is 71.4 Å². The van der Waals surface area contributed by atoms with Crippen molar-refractivity contribution in [2.75, 3.05) is 44.2 Å². The molecule has 1 fully saturated rings. The fraction of sp³-hybridized carbons (Fsp3) is 0.316. The van der Waals surface area contributed by atoms with Crippen LogP contribution >= 0.6 is 11.6 Å². The zero-order valence-electron chi connectivity index (χ0n) is 15.2. The molecule has 3 heterocycles. The van der Waals surface area contributed by atoms with Crippen molar-refractivity contribution in [1.82, 2.24) is 20.0 Å². The number of piperazine rings is 1. The molecule has 1 aromatic carbocycles. The fourth-order valence-electron chi connectivity index (χ4n) is 3.41. The molecule has 0 saturated carbocycles. The van der Waals surface area contributed by atoms with E-state index in [9.17, 15) is 9.18 Å². The lowest BCUT2D eigenvalue weighted by Gasteiger charge is -2.37. The smallest absolute Gasteiger partial charge is 0.256 e. The van der Waals surface area contributed by atoms with Crippen LogP contribution in [0, 0.1) is 5.82 Å². The van der Waals surface area contributed by atoms with Crippen LogP contribution in [0.25, 0.3) is 0 Å². The van der Waals surface area contributed by atoms with E-state index >= 15 is 0 Å². The molecule has 2 aliphatic heterocycles. The van der Waals surface area contributed by atoms with Crippen LogP contribution in [0.2, 0.25) is 5.02 Å². The number of rotatable bonds is 4. The Labute approximate surface area is 167 Å². The minimum atomic E-state index is -0.656. The second-order valence-corrected chi connectivity index (χ2v) is 7.08. The summed E-state index contributed by atoms with van der Waals surface area (Å²) in [6.07, 6.45) is 5.42. The molecule has 0 atom stereocenters. The maximum atomic E-state index is 14.1. The van der Waals surface area contributed by atoms with Gasteiger partial charge in [-0.05, 0) is 12.1 Å². The maximum Gasteiger partial charge on any atom is 0.256 e. The average Bonchev–Trinajstić information content (AvgIpc) is 3.25. The SMILES string of the molecule is O=C(c1cccc(Cl)c1F)N1CCN(CC2=CN=CCN2c2ccn[nH]2)CC1. The van der Waals surface area contributed by atoms with Crippen molar-refractivity contribution in [3.63, 3.8) is 0 Å². The summed E-state index contributed by atoms with van der Waals surface area (Å²) in [5.74, 6) is -0.0557. The third kappa shape index (κ3) is 3.79. The summed E-state index contributed by atoms with van der Waals surface area (Å²) in [6, 6.07) is 6.43. The molecule has 0 radical (unpaired) electrons. The van der Waals surface area contributed by atoms with E-state index in [1.807, 2.05) is 18.5 Å². The first-order valence-corrected chi connectivity index (χ1v) is 9.44. The molecule has 1 aromatic heterocycles. The quantitative estimate of drug-likeness (QED) is 0.852. The predicted molar refractivity (Wildman–Crippen MR) is 106 cm³/mol. The van der Waals surface area contributed by atoms with Gasteiger partial charge in [0.1, 0.15) is 5.82 Å². The Hall–Kier alpha value is -2.71. The molecule has 7 nitrogen and oxygen atoms in total. The van der Waals surface area contributed by atoms with Gasteiger partial charge in [0.05, 0.1) is 29.0 Å². The van der Waals surface area contributed by atoms with Gasteiger partial charge in [0.15, 0.2) is 5.82 Å². The Bertz CT molecular complexity index is 905. The zero-order chi connectivity index (χ0) is 19.5. The van der Waals surface area contributed by atoms with E-state index in [-0.39, 0.29) is 16.5 Å². The lowest BCUT2D eigenvalue weighted by atomic mass is 10.1. The number of carbonyl (C=O) groups is 1. The first-order valence-electron chi connectivity index (χ1n) is 9.06. The number of aromatic amines is 1. The summed E-state index contributed by atoms with van der Waals surface area (Å²) in [5, 5.41) is 6.96. The molecular formula is C19H20ClFN6O. The Morgan fingerprint density at radius 1 is 1.21 bits per heavy atom. The molecule has 1 amide bonds. The number of aromatic nitrogens is 2. The molecule has 4 rings (SSSR count). The predicted octanol–water partition coefficient (Wildman–Crippen LogP) is 2.39. The highest BCUT2D eigenvalue weighted by Gasteiger charge is 2.26. The molecule has 2 aliphatic rings. The lowest BCUT2D eigenvalue weighted by molar-refractivity contribution is 0.0642. The fourth-order valence-corrected chi connectivity index (χ4v) is 3.58. The molecule has 0 aliphatic carbocycles. The number of hydrogen-bond acceptors (Lipinski definition) is 5. The Morgan fingerprint density at radius 3 is 2.79 bits per heavy atom. The Kier molecular flexibility index (Phi) is 5.40. The summed E-state index contributed by atoms with van der Waals surface area (Å²) < 4.78 is 14.1. The van der Waals surface area contributed by atoms with Crippen molar-refractivity contribution >= 4 is 29.5 Å². The standard InChI is InChI=1S/C19H20ClFN6O/c20-16-3-1-2-15(18(16)21)19(28)26-10-8-25(9-11-26)13-14-12-22-6-7-27(14)17-4-5-23-24-17/h1-6,12H,7-11,13H2,(H,23,24). The number of carbonyl (C=O) groups excluding carboxylic acids is 1. The van der Waals surface area contributed by atoms with E-state index in [0.29, 0.717) is 39.3 Å². The van der Waals surface area contributed by atoms with Gasteiger partial charge in [0, 0.05) is 51.2 Å². The highest BCUT2D eigenvalue weighted by molar-refractivity contribution is 6.31. The molecule has 1 saturated heterocycles. The first kappa shape index (κ1) is 18.6. The number of amides is 1. The number of benzene rings is 1. The number of nitrogens with zero attached hydrogens (tertiary/aromatic N) is 5. The van der Waals surface area contributed by atoms with Gasteiger partial charge in [0.25, 0.3) is 5.91 Å². The first-order chi connectivity index (χ1) is 13.6. The van der Waals surface area contributed by atoms with Crippen LogP contribution in [0.4, 0.5) is 10.2 Å². The molecule has 0 spiro atoms. The van der Waals surface area contributed by atoms with Gasteiger partial charge in [0.2, 0.25) is 0 Å². The largest absolute Gasteiger partial charge is 0.336 e. The molecule has 28 heavy (non-hydrogen) atoms. The van der Waals surface area contributed by atoms with Crippen molar-refractivity contribution in [2.24, 2.45) is 4.99 Å². The normalized spacial score (nSPS) is 17.7. The molecular weight excluding hydrogens is 383 g/mol. The number of aliphatic imine (C=N–C) groups is 1.